The molecule has 0 spiro atoms. The lowest BCUT2D eigenvalue weighted by atomic mass is 10.1. The van der Waals surface area contributed by atoms with E-state index in [1.807, 2.05) is 42.8 Å². The number of carbonyl (C=O) groups is 1. The van der Waals surface area contributed by atoms with Gasteiger partial charge in [0.15, 0.2) is 11.5 Å². The number of piperazine rings is 1. The normalized spacial score (nSPS) is 14.1. The highest BCUT2D eigenvalue weighted by Gasteiger charge is 2.27. The monoisotopic (exact) mass is 474 g/mol. The van der Waals surface area contributed by atoms with Gasteiger partial charge in [0.2, 0.25) is 0 Å². The molecule has 1 saturated heterocycles. The van der Waals surface area contributed by atoms with Gasteiger partial charge < -0.3 is 14.5 Å². The maximum absolute atomic E-state index is 14.1. The van der Waals surface area contributed by atoms with Crippen molar-refractivity contribution in [3.63, 3.8) is 0 Å². The van der Waals surface area contributed by atoms with E-state index in [1.165, 1.54) is 17.7 Å². The van der Waals surface area contributed by atoms with Crippen LogP contribution in [0.4, 0.5) is 10.2 Å². The van der Waals surface area contributed by atoms with Gasteiger partial charge in [-0.3, -0.25) is 4.79 Å². The van der Waals surface area contributed by atoms with Crippen LogP contribution in [0.1, 0.15) is 27.4 Å². The van der Waals surface area contributed by atoms with Crippen LogP contribution < -0.4 is 4.90 Å². The molecule has 0 saturated carbocycles. The van der Waals surface area contributed by atoms with E-state index in [0.717, 1.165) is 22.6 Å². The molecule has 0 N–H and O–H groups in total. The molecule has 9 heteroatoms. The Labute approximate surface area is 203 Å². The molecular weight excluding hydrogens is 447 g/mol. The lowest BCUT2D eigenvalue weighted by Gasteiger charge is -2.35. The highest BCUT2D eigenvalue weighted by Crippen LogP contribution is 2.30. The number of rotatable bonds is 5. The first kappa shape index (κ1) is 22.9. The van der Waals surface area contributed by atoms with Gasteiger partial charge in [-0.15, -0.1) is 0 Å². The van der Waals surface area contributed by atoms with Crippen LogP contribution >= 0.6 is 0 Å². The van der Waals surface area contributed by atoms with Gasteiger partial charge in [-0.2, -0.15) is 5.10 Å². The van der Waals surface area contributed by atoms with E-state index in [-0.39, 0.29) is 18.1 Å². The van der Waals surface area contributed by atoms with Gasteiger partial charge in [0.25, 0.3) is 5.91 Å². The molecule has 1 fully saturated rings. The maximum atomic E-state index is 14.1. The molecule has 8 nitrogen and oxygen atoms in total. The third kappa shape index (κ3) is 4.35. The lowest BCUT2D eigenvalue weighted by Crippen LogP contribution is -2.49. The summed E-state index contributed by atoms with van der Waals surface area (Å²) in [5, 5.41) is 5.65. The van der Waals surface area contributed by atoms with E-state index >= 15 is 0 Å². The molecule has 2 aromatic carbocycles. The lowest BCUT2D eigenvalue weighted by molar-refractivity contribution is 0.0742. The van der Waals surface area contributed by atoms with Gasteiger partial charge in [-0.05, 0) is 38.1 Å². The third-order valence-electron chi connectivity index (χ3n) is 6.25. The number of halogens is 1. The zero-order valence-electron chi connectivity index (χ0n) is 20.0. The minimum Gasteiger partial charge on any atom is -0.377 e. The van der Waals surface area contributed by atoms with Crippen molar-refractivity contribution in [2.45, 2.75) is 20.5 Å². The summed E-state index contributed by atoms with van der Waals surface area (Å²) in [4.78, 5) is 26.3. The number of aryl methyl sites for hydroxylation is 2. The van der Waals surface area contributed by atoms with E-state index in [9.17, 15) is 9.18 Å². The van der Waals surface area contributed by atoms with Gasteiger partial charge >= 0.3 is 0 Å². The fourth-order valence-electron chi connectivity index (χ4n) is 4.42. The summed E-state index contributed by atoms with van der Waals surface area (Å²) in [6.07, 6.45) is 0. The Balaban J connectivity index is 1.48. The first-order chi connectivity index (χ1) is 17.0. The Morgan fingerprint density at radius 1 is 1.00 bits per heavy atom. The average molecular weight is 475 g/mol. The molecule has 0 bridgehead atoms. The van der Waals surface area contributed by atoms with Crippen molar-refractivity contribution in [3.8, 4) is 5.69 Å². The third-order valence-corrected chi connectivity index (χ3v) is 6.25. The fraction of sp³-hybridized carbons (Fsp3) is 0.308. The predicted molar refractivity (Wildman–Crippen MR) is 131 cm³/mol. The van der Waals surface area contributed by atoms with Crippen LogP contribution in [0, 0.1) is 19.7 Å². The SMILES string of the molecule is COCc1nc(N2CCN(C(=O)c3ccccc3F)CC2)c2c(C)nn(-c3ccc(C)cc3)c2n1. The highest BCUT2D eigenvalue weighted by molar-refractivity contribution is 5.95. The summed E-state index contributed by atoms with van der Waals surface area (Å²) in [5.41, 5.74) is 3.72. The number of amides is 1. The van der Waals surface area contributed by atoms with Crippen LogP contribution in [-0.2, 0) is 11.3 Å². The van der Waals surface area contributed by atoms with Gasteiger partial charge in [-0.25, -0.2) is 19.0 Å². The average Bonchev–Trinajstić information content (AvgIpc) is 3.20. The molecule has 1 amide bonds. The topological polar surface area (TPSA) is 76.4 Å². The molecule has 1 aliphatic rings. The summed E-state index contributed by atoms with van der Waals surface area (Å²) in [6, 6.07) is 14.2. The largest absolute Gasteiger partial charge is 0.377 e. The summed E-state index contributed by atoms with van der Waals surface area (Å²) in [7, 11) is 1.61. The molecule has 0 unspecified atom stereocenters. The van der Waals surface area contributed by atoms with Crippen molar-refractivity contribution < 1.29 is 13.9 Å². The Morgan fingerprint density at radius 3 is 2.40 bits per heavy atom. The Morgan fingerprint density at radius 2 is 1.71 bits per heavy atom. The Hall–Kier alpha value is -3.85. The zero-order valence-corrected chi connectivity index (χ0v) is 20.0. The first-order valence-corrected chi connectivity index (χ1v) is 11.6. The van der Waals surface area contributed by atoms with Crippen molar-refractivity contribution in [2.24, 2.45) is 0 Å². The van der Waals surface area contributed by atoms with Crippen LogP contribution in [0.3, 0.4) is 0 Å². The summed E-state index contributed by atoms with van der Waals surface area (Å²) >= 11 is 0. The molecule has 0 aliphatic carbocycles. The number of nitrogens with zero attached hydrogens (tertiary/aromatic N) is 6. The molecule has 2 aromatic heterocycles. The molecular formula is C26H27FN6O2. The van der Waals surface area contributed by atoms with Gasteiger partial charge in [0.1, 0.15) is 18.2 Å². The standard InChI is InChI=1S/C26H27FN6O2/c1-17-8-10-19(11-9-17)33-25-23(18(2)30-33)24(28-22(29-25)16-35-3)31-12-14-32(15-13-31)26(34)20-6-4-5-7-21(20)27/h4-11H,12-16H2,1-3H3. The summed E-state index contributed by atoms with van der Waals surface area (Å²) in [5.74, 6) is 0.545. The number of hydrogen-bond acceptors (Lipinski definition) is 6. The summed E-state index contributed by atoms with van der Waals surface area (Å²) in [6.45, 7) is 6.32. The summed E-state index contributed by atoms with van der Waals surface area (Å²) < 4.78 is 21.3. The molecule has 0 radical (unpaired) electrons. The van der Waals surface area contributed by atoms with Crippen molar-refractivity contribution in [3.05, 3.63) is 77.0 Å². The number of benzene rings is 2. The van der Waals surface area contributed by atoms with E-state index in [0.29, 0.717) is 37.7 Å². The van der Waals surface area contributed by atoms with Crippen molar-refractivity contribution in [1.82, 2.24) is 24.6 Å². The number of ether oxygens (including phenoxy) is 1. The van der Waals surface area contributed by atoms with Crippen LogP contribution in [-0.4, -0.2) is 63.8 Å². The number of methoxy groups -OCH3 is 1. The fourth-order valence-corrected chi connectivity index (χ4v) is 4.42. The number of hydrogen-bond donors (Lipinski definition) is 0. The van der Waals surface area contributed by atoms with E-state index < -0.39 is 5.82 Å². The van der Waals surface area contributed by atoms with Crippen molar-refractivity contribution in [1.29, 1.82) is 0 Å². The van der Waals surface area contributed by atoms with Crippen LogP contribution in [0.25, 0.3) is 16.7 Å². The first-order valence-electron chi connectivity index (χ1n) is 11.6. The van der Waals surface area contributed by atoms with Crippen LogP contribution in [0.2, 0.25) is 0 Å². The number of fused-ring (bicyclic) bond motifs is 1. The molecule has 0 atom stereocenters. The van der Waals surface area contributed by atoms with E-state index in [4.69, 9.17) is 19.8 Å². The van der Waals surface area contributed by atoms with Gasteiger partial charge in [0, 0.05) is 33.3 Å². The highest BCUT2D eigenvalue weighted by atomic mass is 19.1. The predicted octanol–water partition coefficient (Wildman–Crippen LogP) is 3.68. The van der Waals surface area contributed by atoms with Crippen LogP contribution in [0.5, 0.6) is 0 Å². The maximum Gasteiger partial charge on any atom is 0.256 e. The zero-order chi connectivity index (χ0) is 24.5. The molecule has 5 rings (SSSR count). The Bertz CT molecular complexity index is 1380. The number of aromatic nitrogens is 4. The smallest absolute Gasteiger partial charge is 0.256 e. The van der Waals surface area contributed by atoms with E-state index in [1.54, 1.807) is 24.1 Å². The van der Waals surface area contributed by atoms with E-state index in [2.05, 4.69) is 4.90 Å². The number of carbonyl (C=O) groups excluding carboxylic acids is 1. The molecule has 4 aromatic rings. The quantitative estimate of drug-likeness (QED) is 0.439. The van der Waals surface area contributed by atoms with Crippen LogP contribution in [0.15, 0.2) is 48.5 Å². The second-order valence-corrected chi connectivity index (χ2v) is 8.69. The second kappa shape index (κ2) is 9.42. The number of anilines is 1. The van der Waals surface area contributed by atoms with Gasteiger partial charge in [-0.1, -0.05) is 29.8 Å². The molecule has 180 valence electrons. The second-order valence-electron chi connectivity index (χ2n) is 8.69. The minimum atomic E-state index is -0.499. The minimum absolute atomic E-state index is 0.1000. The molecule has 1 aliphatic heterocycles. The van der Waals surface area contributed by atoms with Crippen molar-refractivity contribution in [2.75, 3.05) is 38.2 Å². The molecule has 3 heterocycles. The van der Waals surface area contributed by atoms with Gasteiger partial charge in [0.05, 0.1) is 22.3 Å². The Kier molecular flexibility index (Phi) is 6.17. The molecule has 35 heavy (non-hydrogen) atoms. The van der Waals surface area contributed by atoms with Crippen molar-refractivity contribution >= 4 is 22.8 Å².